The monoisotopic (exact) mass is 418 g/mol. The Morgan fingerprint density at radius 3 is 2.63 bits per heavy atom. The van der Waals surface area contributed by atoms with Crippen molar-refractivity contribution < 1.29 is 28.5 Å². The van der Waals surface area contributed by atoms with Crippen LogP contribution in [-0.4, -0.2) is 36.0 Å². The van der Waals surface area contributed by atoms with E-state index in [4.69, 9.17) is 18.9 Å². The molecule has 0 amide bonds. The lowest BCUT2D eigenvalue weighted by Gasteiger charge is -2.40. The van der Waals surface area contributed by atoms with Crippen LogP contribution in [0.2, 0.25) is 0 Å². The summed E-state index contributed by atoms with van der Waals surface area (Å²) in [5.74, 6) is -0.909. The topological polar surface area (TPSA) is 74.4 Å². The lowest BCUT2D eigenvalue weighted by molar-refractivity contribution is -0.181. The van der Waals surface area contributed by atoms with Gasteiger partial charge in [-0.1, -0.05) is 23.8 Å². The third-order valence-electron chi connectivity index (χ3n) is 6.38. The van der Waals surface area contributed by atoms with Gasteiger partial charge >= 0.3 is 11.9 Å². The van der Waals surface area contributed by atoms with Crippen molar-refractivity contribution >= 4 is 11.9 Å². The summed E-state index contributed by atoms with van der Waals surface area (Å²) in [5, 5.41) is 0. The molecule has 166 valence electrons. The van der Waals surface area contributed by atoms with E-state index in [9.17, 15) is 9.59 Å². The molecule has 6 unspecified atom stereocenters. The summed E-state index contributed by atoms with van der Waals surface area (Å²) < 4.78 is 23.1. The second-order valence-electron chi connectivity index (χ2n) is 9.13. The second kappa shape index (κ2) is 8.96. The second-order valence-corrected chi connectivity index (χ2v) is 9.13. The van der Waals surface area contributed by atoms with Crippen molar-refractivity contribution in [2.24, 2.45) is 11.8 Å². The molecule has 6 atom stereocenters. The average Bonchev–Trinajstić information content (AvgIpc) is 3.29. The number of carbonyl (C=O) groups is 2. The molecule has 0 aromatic carbocycles. The van der Waals surface area contributed by atoms with Crippen molar-refractivity contribution in [3.05, 3.63) is 35.6 Å². The van der Waals surface area contributed by atoms with Crippen molar-refractivity contribution in [2.45, 2.75) is 90.8 Å². The van der Waals surface area contributed by atoms with Crippen LogP contribution in [0.3, 0.4) is 0 Å². The number of esters is 2. The van der Waals surface area contributed by atoms with E-state index in [1.807, 2.05) is 13.8 Å². The van der Waals surface area contributed by atoms with Gasteiger partial charge in [0.25, 0.3) is 0 Å². The SMILES string of the molecule is C=C1CCC2OC2(C)CCC2C(C(CC=C(C)C)OC(C)=O)=COC(OC(C)=O)C12. The number of rotatable bonds is 5. The molecule has 6 nitrogen and oxygen atoms in total. The minimum atomic E-state index is -0.715. The summed E-state index contributed by atoms with van der Waals surface area (Å²) in [4.78, 5) is 23.6. The highest BCUT2D eigenvalue weighted by molar-refractivity contribution is 5.67. The van der Waals surface area contributed by atoms with Crippen LogP contribution in [0.5, 0.6) is 0 Å². The van der Waals surface area contributed by atoms with E-state index in [0.717, 1.165) is 42.4 Å². The minimum absolute atomic E-state index is 0.00899. The van der Waals surface area contributed by atoms with Gasteiger partial charge in [-0.2, -0.15) is 0 Å². The summed E-state index contributed by atoms with van der Waals surface area (Å²) >= 11 is 0. The maximum atomic E-state index is 11.8. The molecular weight excluding hydrogens is 384 g/mol. The van der Waals surface area contributed by atoms with E-state index in [1.165, 1.54) is 13.8 Å². The lowest BCUT2D eigenvalue weighted by Crippen LogP contribution is -2.41. The predicted molar refractivity (Wildman–Crippen MR) is 112 cm³/mol. The fraction of sp³-hybridized carbons (Fsp3) is 0.667. The van der Waals surface area contributed by atoms with E-state index in [-0.39, 0.29) is 35.5 Å². The van der Waals surface area contributed by atoms with Gasteiger partial charge in [0.05, 0.1) is 23.9 Å². The lowest BCUT2D eigenvalue weighted by atomic mass is 9.74. The van der Waals surface area contributed by atoms with E-state index in [2.05, 4.69) is 19.6 Å². The Morgan fingerprint density at radius 2 is 2.00 bits per heavy atom. The number of hydrogen-bond donors (Lipinski definition) is 0. The van der Waals surface area contributed by atoms with Gasteiger partial charge in [0.15, 0.2) is 0 Å². The first-order valence-electron chi connectivity index (χ1n) is 10.8. The van der Waals surface area contributed by atoms with Crippen LogP contribution in [0.25, 0.3) is 0 Å². The third-order valence-corrected chi connectivity index (χ3v) is 6.38. The highest BCUT2D eigenvalue weighted by Crippen LogP contribution is 2.50. The molecule has 2 fully saturated rings. The number of ether oxygens (including phenoxy) is 4. The van der Waals surface area contributed by atoms with Crippen LogP contribution in [0, 0.1) is 11.8 Å². The normalized spacial score (nSPS) is 33.8. The average molecular weight is 419 g/mol. The van der Waals surface area contributed by atoms with Crippen LogP contribution in [0.15, 0.2) is 35.6 Å². The van der Waals surface area contributed by atoms with Gasteiger partial charge in [0.2, 0.25) is 6.29 Å². The highest BCUT2D eigenvalue weighted by atomic mass is 16.7. The van der Waals surface area contributed by atoms with Crippen LogP contribution in [0.1, 0.15) is 66.7 Å². The van der Waals surface area contributed by atoms with Crippen LogP contribution < -0.4 is 0 Å². The molecule has 0 aromatic heterocycles. The van der Waals surface area contributed by atoms with Crippen LogP contribution in [-0.2, 0) is 28.5 Å². The van der Waals surface area contributed by atoms with E-state index in [1.54, 1.807) is 6.26 Å². The number of fused-ring (bicyclic) bond motifs is 2. The molecule has 1 aliphatic carbocycles. The van der Waals surface area contributed by atoms with Gasteiger partial charge in [0, 0.05) is 31.8 Å². The van der Waals surface area contributed by atoms with E-state index >= 15 is 0 Å². The molecule has 6 heteroatoms. The van der Waals surface area contributed by atoms with Crippen molar-refractivity contribution in [1.82, 2.24) is 0 Å². The number of epoxide rings is 1. The molecule has 0 spiro atoms. The smallest absolute Gasteiger partial charge is 0.305 e. The zero-order chi connectivity index (χ0) is 22.1. The molecule has 1 saturated heterocycles. The van der Waals surface area contributed by atoms with Gasteiger partial charge in [-0.05, 0) is 46.5 Å². The number of allylic oxidation sites excluding steroid dienone is 1. The number of carbonyl (C=O) groups excluding carboxylic acids is 2. The standard InChI is InChI=1S/C24H34O6/c1-14(2)7-9-20(28-16(4)25)19-13-27-23(29-17(5)26)22-15(3)8-10-21-24(6,30-21)12-11-18(19)22/h7,13,18,20-23H,3,8-12H2,1-2,4-6H3. The van der Waals surface area contributed by atoms with Crippen LogP contribution >= 0.6 is 0 Å². The molecule has 1 saturated carbocycles. The Hall–Kier alpha value is -2.08. The van der Waals surface area contributed by atoms with Crippen molar-refractivity contribution in [2.75, 3.05) is 0 Å². The Kier molecular flexibility index (Phi) is 6.75. The first-order valence-corrected chi connectivity index (χ1v) is 10.8. The number of hydrogen-bond acceptors (Lipinski definition) is 6. The van der Waals surface area contributed by atoms with E-state index < -0.39 is 12.4 Å². The molecule has 0 bridgehead atoms. The summed E-state index contributed by atoms with van der Waals surface area (Å²) in [5.41, 5.74) is 2.94. The highest BCUT2D eigenvalue weighted by Gasteiger charge is 2.54. The Balaban J connectivity index is 1.96. The molecule has 30 heavy (non-hydrogen) atoms. The Bertz CT molecular complexity index is 762. The van der Waals surface area contributed by atoms with Gasteiger partial charge in [0.1, 0.15) is 6.10 Å². The van der Waals surface area contributed by atoms with Gasteiger partial charge in [-0.25, -0.2) is 0 Å². The molecule has 0 aromatic rings. The first kappa shape index (κ1) is 22.6. The predicted octanol–water partition coefficient (Wildman–Crippen LogP) is 4.60. The van der Waals surface area contributed by atoms with Crippen molar-refractivity contribution in [1.29, 1.82) is 0 Å². The third kappa shape index (κ3) is 5.15. The quantitative estimate of drug-likeness (QED) is 0.369. The van der Waals surface area contributed by atoms with Gasteiger partial charge in [-0.3, -0.25) is 9.59 Å². The molecule has 2 aliphatic heterocycles. The van der Waals surface area contributed by atoms with Crippen LogP contribution in [0.4, 0.5) is 0 Å². The van der Waals surface area contributed by atoms with Gasteiger partial charge in [-0.15, -0.1) is 0 Å². The van der Waals surface area contributed by atoms with E-state index in [0.29, 0.717) is 6.42 Å². The fourth-order valence-corrected chi connectivity index (χ4v) is 4.71. The zero-order valence-corrected chi connectivity index (χ0v) is 18.7. The maximum Gasteiger partial charge on any atom is 0.305 e. The molecule has 3 aliphatic rings. The largest absolute Gasteiger partial charge is 0.462 e. The summed E-state index contributed by atoms with van der Waals surface area (Å²) in [6, 6.07) is 0. The first-order chi connectivity index (χ1) is 14.1. The molecule has 2 heterocycles. The Morgan fingerprint density at radius 1 is 1.27 bits per heavy atom. The summed E-state index contributed by atoms with van der Waals surface area (Å²) in [6.45, 7) is 13.3. The van der Waals surface area contributed by atoms with Gasteiger partial charge < -0.3 is 18.9 Å². The zero-order valence-electron chi connectivity index (χ0n) is 18.7. The molecule has 0 N–H and O–H groups in total. The van der Waals surface area contributed by atoms with Crippen molar-refractivity contribution in [3.8, 4) is 0 Å². The Labute approximate surface area is 179 Å². The summed E-state index contributed by atoms with van der Waals surface area (Å²) in [7, 11) is 0. The molecular formula is C24H34O6. The minimum Gasteiger partial charge on any atom is -0.462 e. The maximum absolute atomic E-state index is 11.8. The van der Waals surface area contributed by atoms with Crippen molar-refractivity contribution in [3.63, 3.8) is 0 Å². The fourth-order valence-electron chi connectivity index (χ4n) is 4.71. The molecule has 3 rings (SSSR count). The summed E-state index contributed by atoms with van der Waals surface area (Å²) in [6.07, 6.45) is 6.74. The molecule has 0 radical (unpaired) electrons.